The number of para-hydroxylation sites is 1. The van der Waals surface area contributed by atoms with Gasteiger partial charge in [0.05, 0.1) is 13.2 Å². The van der Waals surface area contributed by atoms with Gasteiger partial charge in [0.15, 0.2) is 17.6 Å². The van der Waals surface area contributed by atoms with Gasteiger partial charge in [-0.2, -0.15) is 0 Å². The van der Waals surface area contributed by atoms with E-state index in [9.17, 15) is 9.59 Å². The monoisotopic (exact) mass is 397 g/mol. The first kappa shape index (κ1) is 22.0. The van der Waals surface area contributed by atoms with E-state index in [1.165, 1.54) is 11.0 Å². The van der Waals surface area contributed by atoms with Gasteiger partial charge in [-0.1, -0.05) is 24.3 Å². The molecule has 0 aliphatic rings. The van der Waals surface area contributed by atoms with Crippen molar-refractivity contribution in [1.82, 2.24) is 0 Å². The second kappa shape index (κ2) is 10.3. The van der Waals surface area contributed by atoms with Crippen LogP contribution in [0.25, 0.3) is 6.08 Å². The summed E-state index contributed by atoms with van der Waals surface area (Å²) < 4.78 is 16.2. The van der Waals surface area contributed by atoms with E-state index in [4.69, 9.17) is 14.2 Å². The number of hydrogen-bond donors (Lipinski definition) is 0. The molecule has 6 heteroatoms. The van der Waals surface area contributed by atoms with E-state index in [0.29, 0.717) is 11.5 Å². The standard InChI is InChI=1S/C23H27NO5/c1-16(2)28-20-13-11-18(15-21(20)27-5)12-14-22(25)29-17(3)23(26)24(4)19-9-7-6-8-10-19/h6-17H,1-5H3/b14-12+/t17-/m1/s1. The van der Waals surface area contributed by atoms with Crippen LogP contribution in [0.1, 0.15) is 26.3 Å². The van der Waals surface area contributed by atoms with Crippen molar-refractivity contribution in [2.75, 3.05) is 19.1 Å². The van der Waals surface area contributed by atoms with Gasteiger partial charge in [-0.15, -0.1) is 0 Å². The third-order valence-electron chi connectivity index (χ3n) is 4.08. The Morgan fingerprint density at radius 1 is 1.00 bits per heavy atom. The predicted molar refractivity (Wildman–Crippen MR) is 113 cm³/mol. The number of amides is 1. The molecule has 0 aliphatic heterocycles. The number of rotatable bonds is 8. The van der Waals surface area contributed by atoms with Crippen molar-refractivity contribution < 1.29 is 23.8 Å². The maximum Gasteiger partial charge on any atom is 0.331 e. The lowest BCUT2D eigenvalue weighted by Gasteiger charge is -2.21. The third kappa shape index (κ3) is 6.38. The molecule has 0 aromatic heterocycles. The maximum atomic E-state index is 12.5. The van der Waals surface area contributed by atoms with Crippen molar-refractivity contribution in [1.29, 1.82) is 0 Å². The average Bonchev–Trinajstić information content (AvgIpc) is 2.72. The van der Waals surface area contributed by atoms with Crippen LogP contribution in [0.3, 0.4) is 0 Å². The molecule has 1 amide bonds. The summed E-state index contributed by atoms with van der Waals surface area (Å²) in [7, 11) is 3.20. The van der Waals surface area contributed by atoms with Crippen molar-refractivity contribution in [3.8, 4) is 11.5 Å². The second-order valence-electron chi connectivity index (χ2n) is 6.72. The summed E-state index contributed by atoms with van der Waals surface area (Å²) in [5.74, 6) is 0.288. The Balaban J connectivity index is 1.99. The predicted octanol–water partition coefficient (Wildman–Crippen LogP) is 4.09. The van der Waals surface area contributed by atoms with Gasteiger partial charge < -0.3 is 19.1 Å². The number of carbonyl (C=O) groups is 2. The minimum Gasteiger partial charge on any atom is -0.493 e. The van der Waals surface area contributed by atoms with Crippen LogP contribution in [0.5, 0.6) is 11.5 Å². The van der Waals surface area contributed by atoms with Crippen LogP contribution in [0.15, 0.2) is 54.6 Å². The molecule has 2 rings (SSSR count). The molecule has 0 heterocycles. The van der Waals surface area contributed by atoms with Gasteiger partial charge >= 0.3 is 5.97 Å². The second-order valence-corrected chi connectivity index (χ2v) is 6.72. The minimum atomic E-state index is -0.909. The van der Waals surface area contributed by atoms with Crippen LogP contribution in [-0.4, -0.2) is 38.2 Å². The molecule has 0 spiro atoms. The summed E-state index contributed by atoms with van der Waals surface area (Å²) in [5, 5.41) is 0. The van der Waals surface area contributed by atoms with E-state index >= 15 is 0 Å². The molecule has 0 bridgehead atoms. The molecule has 0 saturated carbocycles. The first-order valence-electron chi connectivity index (χ1n) is 9.37. The number of likely N-dealkylation sites (N-methyl/N-ethyl adjacent to an activating group) is 1. The van der Waals surface area contributed by atoms with Gasteiger partial charge in [0.25, 0.3) is 5.91 Å². The zero-order valence-corrected chi connectivity index (χ0v) is 17.4. The van der Waals surface area contributed by atoms with Crippen molar-refractivity contribution in [3.63, 3.8) is 0 Å². The highest BCUT2D eigenvalue weighted by Crippen LogP contribution is 2.29. The summed E-state index contributed by atoms with van der Waals surface area (Å²) in [6.45, 7) is 5.41. The van der Waals surface area contributed by atoms with Crippen molar-refractivity contribution >= 4 is 23.6 Å². The number of anilines is 1. The zero-order chi connectivity index (χ0) is 21.4. The molecule has 2 aromatic carbocycles. The Hall–Kier alpha value is -3.28. The SMILES string of the molecule is COc1cc(/C=C/C(=O)O[C@H](C)C(=O)N(C)c2ccccc2)ccc1OC(C)C. The highest BCUT2D eigenvalue weighted by Gasteiger charge is 2.21. The van der Waals surface area contributed by atoms with E-state index in [2.05, 4.69) is 0 Å². The molecule has 0 aliphatic carbocycles. The highest BCUT2D eigenvalue weighted by atomic mass is 16.5. The number of ether oxygens (including phenoxy) is 3. The Morgan fingerprint density at radius 3 is 2.31 bits per heavy atom. The summed E-state index contributed by atoms with van der Waals surface area (Å²) in [6, 6.07) is 14.5. The molecular weight excluding hydrogens is 370 g/mol. The van der Waals surface area contributed by atoms with Crippen molar-refractivity contribution in [2.45, 2.75) is 33.0 Å². The van der Waals surface area contributed by atoms with E-state index in [1.807, 2.05) is 50.2 Å². The molecule has 0 unspecified atom stereocenters. The molecule has 0 saturated heterocycles. The van der Waals surface area contributed by atoms with E-state index < -0.39 is 12.1 Å². The summed E-state index contributed by atoms with van der Waals surface area (Å²) >= 11 is 0. The van der Waals surface area contributed by atoms with E-state index in [1.54, 1.807) is 39.3 Å². The molecule has 6 nitrogen and oxygen atoms in total. The largest absolute Gasteiger partial charge is 0.493 e. The average molecular weight is 397 g/mol. The number of hydrogen-bond acceptors (Lipinski definition) is 5. The van der Waals surface area contributed by atoms with E-state index in [-0.39, 0.29) is 12.0 Å². The smallest absolute Gasteiger partial charge is 0.331 e. The van der Waals surface area contributed by atoms with Gasteiger partial charge in [-0.25, -0.2) is 4.79 Å². The normalized spacial score (nSPS) is 11.9. The maximum absolute atomic E-state index is 12.5. The first-order valence-corrected chi connectivity index (χ1v) is 9.37. The van der Waals surface area contributed by atoms with Crippen LogP contribution < -0.4 is 14.4 Å². The van der Waals surface area contributed by atoms with Gasteiger partial charge in [0.1, 0.15) is 0 Å². The Labute approximate surface area is 171 Å². The Morgan fingerprint density at radius 2 is 1.69 bits per heavy atom. The van der Waals surface area contributed by atoms with Crippen LogP contribution in [-0.2, 0) is 14.3 Å². The number of nitrogens with zero attached hydrogens (tertiary/aromatic N) is 1. The van der Waals surface area contributed by atoms with Gasteiger partial charge in [-0.3, -0.25) is 4.79 Å². The van der Waals surface area contributed by atoms with Crippen molar-refractivity contribution in [2.24, 2.45) is 0 Å². The van der Waals surface area contributed by atoms with Crippen LogP contribution in [0.4, 0.5) is 5.69 Å². The number of esters is 1. The molecule has 1 atom stereocenters. The van der Waals surface area contributed by atoms with Crippen LogP contribution in [0, 0.1) is 0 Å². The lowest BCUT2D eigenvalue weighted by atomic mass is 10.2. The number of methoxy groups -OCH3 is 1. The zero-order valence-electron chi connectivity index (χ0n) is 17.4. The quantitative estimate of drug-likeness (QED) is 0.496. The summed E-state index contributed by atoms with van der Waals surface area (Å²) in [5.41, 5.74) is 1.47. The molecule has 0 fully saturated rings. The van der Waals surface area contributed by atoms with Crippen LogP contribution in [0.2, 0.25) is 0 Å². The lowest BCUT2D eigenvalue weighted by molar-refractivity contribution is -0.148. The minimum absolute atomic E-state index is 0.0216. The molecular formula is C23H27NO5. The van der Waals surface area contributed by atoms with Crippen molar-refractivity contribution in [3.05, 3.63) is 60.2 Å². The summed E-state index contributed by atoms with van der Waals surface area (Å²) in [4.78, 5) is 26.0. The van der Waals surface area contributed by atoms with Crippen LogP contribution >= 0.6 is 0 Å². The van der Waals surface area contributed by atoms with Gasteiger partial charge in [-0.05, 0) is 56.7 Å². The number of benzene rings is 2. The van der Waals surface area contributed by atoms with E-state index in [0.717, 1.165) is 11.3 Å². The fraction of sp³-hybridized carbons (Fsp3) is 0.304. The molecule has 29 heavy (non-hydrogen) atoms. The molecule has 154 valence electrons. The first-order chi connectivity index (χ1) is 13.8. The lowest BCUT2D eigenvalue weighted by Crippen LogP contribution is -2.37. The highest BCUT2D eigenvalue weighted by molar-refractivity contribution is 5.98. The van der Waals surface area contributed by atoms with Gasteiger partial charge in [0.2, 0.25) is 0 Å². The van der Waals surface area contributed by atoms with Gasteiger partial charge in [0, 0.05) is 18.8 Å². The summed E-state index contributed by atoms with van der Waals surface area (Å²) in [6.07, 6.45) is 1.99. The molecule has 2 aromatic rings. The molecule has 0 radical (unpaired) electrons. The fourth-order valence-corrected chi connectivity index (χ4v) is 2.62. The fourth-order valence-electron chi connectivity index (χ4n) is 2.62. The third-order valence-corrected chi connectivity index (χ3v) is 4.08. The number of carbonyl (C=O) groups excluding carboxylic acids is 2. The molecule has 0 N–H and O–H groups in total. The topological polar surface area (TPSA) is 65.1 Å². The Bertz CT molecular complexity index is 861. The Kier molecular flexibility index (Phi) is 7.83.